The topological polar surface area (TPSA) is 96.6 Å². The molecule has 146 valence electrons. The van der Waals surface area contributed by atoms with Crippen molar-refractivity contribution in [1.82, 2.24) is 19.3 Å². The van der Waals surface area contributed by atoms with E-state index in [-0.39, 0.29) is 17.6 Å². The van der Waals surface area contributed by atoms with E-state index < -0.39 is 15.4 Å². The molecular formula is C17H28N4O4S. The van der Waals surface area contributed by atoms with Gasteiger partial charge in [-0.05, 0) is 26.2 Å². The number of nitrogens with zero attached hydrogens (tertiary/aromatic N) is 4. The Kier molecular flexibility index (Phi) is 5.13. The molecule has 2 saturated heterocycles. The molecule has 0 unspecified atom stereocenters. The average molecular weight is 385 g/mol. The standard InChI is InChI=1S/C17H28N4O4S/c1-5-26(23,24)21-9-14-8-20(15(22)7-6-12(2)3)10-17(14,11-21)16-18-13(4)19-25-16/h12,14H,5-11H2,1-4H3/t14-,17-/m0/s1. The molecule has 1 aromatic rings. The first kappa shape index (κ1) is 19.3. The summed E-state index contributed by atoms with van der Waals surface area (Å²) in [5.74, 6) is 1.61. The Morgan fingerprint density at radius 3 is 2.65 bits per heavy atom. The molecule has 2 atom stereocenters. The molecule has 0 aliphatic carbocycles. The van der Waals surface area contributed by atoms with E-state index in [0.717, 1.165) is 6.42 Å². The number of sulfonamides is 1. The average Bonchev–Trinajstić information content (AvgIpc) is 3.24. The SMILES string of the molecule is CCS(=O)(=O)N1C[C@@H]2CN(C(=O)CCC(C)C)C[C@]2(c2nc(C)no2)C1. The largest absolute Gasteiger partial charge is 0.341 e. The summed E-state index contributed by atoms with van der Waals surface area (Å²) in [5, 5.41) is 3.90. The molecule has 0 radical (unpaired) electrons. The Morgan fingerprint density at radius 2 is 2.08 bits per heavy atom. The third-order valence-electron chi connectivity index (χ3n) is 5.58. The number of rotatable bonds is 6. The Balaban J connectivity index is 1.86. The first-order valence-corrected chi connectivity index (χ1v) is 10.8. The van der Waals surface area contributed by atoms with Crippen molar-refractivity contribution >= 4 is 15.9 Å². The summed E-state index contributed by atoms with van der Waals surface area (Å²) >= 11 is 0. The third kappa shape index (κ3) is 3.38. The molecule has 2 aliphatic rings. The molecule has 0 aromatic carbocycles. The van der Waals surface area contributed by atoms with Crippen LogP contribution in [-0.4, -0.2) is 65.6 Å². The van der Waals surface area contributed by atoms with Crippen LogP contribution in [0.5, 0.6) is 0 Å². The summed E-state index contributed by atoms with van der Waals surface area (Å²) in [4.78, 5) is 18.9. The fraction of sp³-hybridized carbons (Fsp3) is 0.824. The molecule has 0 spiro atoms. The van der Waals surface area contributed by atoms with Crippen LogP contribution < -0.4 is 0 Å². The van der Waals surface area contributed by atoms with Gasteiger partial charge < -0.3 is 9.42 Å². The molecule has 3 rings (SSSR count). The first-order chi connectivity index (χ1) is 12.2. The number of likely N-dealkylation sites (tertiary alicyclic amines) is 1. The number of fused-ring (bicyclic) bond motifs is 1. The highest BCUT2D eigenvalue weighted by Gasteiger charge is 2.59. The van der Waals surface area contributed by atoms with Crippen molar-refractivity contribution in [1.29, 1.82) is 0 Å². The quantitative estimate of drug-likeness (QED) is 0.730. The highest BCUT2D eigenvalue weighted by atomic mass is 32.2. The predicted molar refractivity (Wildman–Crippen MR) is 95.9 cm³/mol. The smallest absolute Gasteiger partial charge is 0.236 e. The highest BCUT2D eigenvalue weighted by molar-refractivity contribution is 7.89. The number of aryl methyl sites for hydroxylation is 1. The van der Waals surface area contributed by atoms with E-state index in [9.17, 15) is 13.2 Å². The fourth-order valence-electron chi connectivity index (χ4n) is 3.98. The molecule has 8 nitrogen and oxygen atoms in total. The molecule has 1 amide bonds. The second kappa shape index (κ2) is 6.92. The summed E-state index contributed by atoms with van der Waals surface area (Å²) in [6.45, 7) is 9.25. The normalized spacial score (nSPS) is 26.7. The van der Waals surface area contributed by atoms with E-state index >= 15 is 0 Å². The van der Waals surface area contributed by atoms with Crippen LogP contribution in [0.25, 0.3) is 0 Å². The summed E-state index contributed by atoms with van der Waals surface area (Å²) in [6, 6.07) is 0. The Morgan fingerprint density at radius 1 is 1.35 bits per heavy atom. The lowest BCUT2D eigenvalue weighted by atomic mass is 9.81. The van der Waals surface area contributed by atoms with Crippen molar-refractivity contribution in [2.24, 2.45) is 11.8 Å². The van der Waals surface area contributed by atoms with Crippen LogP contribution in [0.15, 0.2) is 4.52 Å². The van der Waals surface area contributed by atoms with Gasteiger partial charge in [-0.2, -0.15) is 4.98 Å². The fourth-order valence-corrected chi connectivity index (χ4v) is 5.17. The van der Waals surface area contributed by atoms with Crippen molar-refractivity contribution in [3.05, 3.63) is 11.7 Å². The van der Waals surface area contributed by atoms with Crippen LogP contribution >= 0.6 is 0 Å². The number of amides is 1. The number of carbonyl (C=O) groups is 1. The van der Waals surface area contributed by atoms with E-state index in [4.69, 9.17) is 4.52 Å². The van der Waals surface area contributed by atoms with Gasteiger partial charge in [-0.15, -0.1) is 0 Å². The van der Waals surface area contributed by atoms with Crippen LogP contribution in [0.1, 0.15) is 45.3 Å². The van der Waals surface area contributed by atoms with E-state index in [1.54, 1.807) is 13.8 Å². The lowest BCUT2D eigenvalue weighted by Crippen LogP contribution is -2.41. The van der Waals surface area contributed by atoms with Gasteiger partial charge in [-0.1, -0.05) is 19.0 Å². The van der Waals surface area contributed by atoms with Gasteiger partial charge in [0.2, 0.25) is 21.8 Å². The lowest BCUT2D eigenvalue weighted by Gasteiger charge is -2.25. The zero-order valence-corrected chi connectivity index (χ0v) is 16.8. The number of hydrogen-bond acceptors (Lipinski definition) is 6. The van der Waals surface area contributed by atoms with E-state index in [1.807, 2.05) is 4.90 Å². The van der Waals surface area contributed by atoms with Crippen molar-refractivity contribution in [2.75, 3.05) is 31.9 Å². The van der Waals surface area contributed by atoms with Gasteiger partial charge in [0.15, 0.2) is 5.82 Å². The third-order valence-corrected chi connectivity index (χ3v) is 7.37. The maximum atomic E-state index is 12.6. The molecular weight excluding hydrogens is 356 g/mol. The summed E-state index contributed by atoms with van der Waals surface area (Å²) in [7, 11) is -3.30. The van der Waals surface area contributed by atoms with Crippen LogP contribution in [-0.2, 0) is 20.2 Å². The van der Waals surface area contributed by atoms with Crippen LogP contribution in [0, 0.1) is 18.8 Å². The Hall–Kier alpha value is -1.48. The lowest BCUT2D eigenvalue weighted by molar-refractivity contribution is -0.130. The molecule has 26 heavy (non-hydrogen) atoms. The molecule has 2 fully saturated rings. The maximum absolute atomic E-state index is 12.6. The summed E-state index contributed by atoms with van der Waals surface area (Å²) in [6.07, 6.45) is 1.36. The summed E-state index contributed by atoms with van der Waals surface area (Å²) in [5.41, 5.74) is -0.600. The Labute approximate surface area is 155 Å². The minimum absolute atomic E-state index is 0.0216. The molecule has 2 aliphatic heterocycles. The summed E-state index contributed by atoms with van der Waals surface area (Å²) < 4.78 is 31.7. The van der Waals surface area contributed by atoms with Crippen molar-refractivity contribution in [2.45, 2.75) is 46.0 Å². The zero-order chi connectivity index (χ0) is 19.1. The number of carbonyl (C=O) groups excluding carboxylic acids is 1. The molecule has 0 bridgehead atoms. The van der Waals surface area contributed by atoms with E-state index in [1.165, 1.54) is 4.31 Å². The minimum Gasteiger partial charge on any atom is -0.341 e. The number of hydrogen-bond donors (Lipinski definition) is 0. The first-order valence-electron chi connectivity index (χ1n) is 9.24. The van der Waals surface area contributed by atoms with Gasteiger partial charge in [0.1, 0.15) is 0 Å². The monoisotopic (exact) mass is 384 g/mol. The Bertz CT molecular complexity index is 775. The van der Waals surface area contributed by atoms with Gasteiger partial charge >= 0.3 is 0 Å². The van der Waals surface area contributed by atoms with Gasteiger partial charge in [0, 0.05) is 38.5 Å². The van der Waals surface area contributed by atoms with E-state index in [0.29, 0.717) is 50.2 Å². The van der Waals surface area contributed by atoms with Gasteiger partial charge in [0.05, 0.1) is 11.2 Å². The van der Waals surface area contributed by atoms with Crippen LogP contribution in [0.2, 0.25) is 0 Å². The molecule has 3 heterocycles. The molecule has 0 saturated carbocycles. The van der Waals surface area contributed by atoms with Crippen molar-refractivity contribution < 1.29 is 17.7 Å². The van der Waals surface area contributed by atoms with Crippen molar-refractivity contribution in [3.8, 4) is 0 Å². The van der Waals surface area contributed by atoms with Gasteiger partial charge in [-0.3, -0.25) is 4.79 Å². The van der Waals surface area contributed by atoms with Gasteiger partial charge in [-0.25, -0.2) is 12.7 Å². The zero-order valence-electron chi connectivity index (χ0n) is 15.9. The molecule has 9 heteroatoms. The van der Waals surface area contributed by atoms with Gasteiger partial charge in [0.25, 0.3) is 0 Å². The minimum atomic E-state index is -3.30. The maximum Gasteiger partial charge on any atom is 0.236 e. The van der Waals surface area contributed by atoms with E-state index in [2.05, 4.69) is 24.0 Å². The molecule has 1 aromatic heterocycles. The van der Waals surface area contributed by atoms with Crippen LogP contribution in [0.3, 0.4) is 0 Å². The highest BCUT2D eigenvalue weighted by Crippen LogP contribution is 2.45. The van der Waals surface area contributed by atoms with Crippen LogP contribution in [0.4, 0.5) is 0 Å². The second-order valence-electron chi connectivity index (χ2n) is 7.90. The molecule has 0 N–H and O–H groups in total. The number of aromatic nitrogens is 2. The second-order valence-corrected chi connectivity index (χ2v) is 10.2. The predicted octanol–water partition coefficient (Wildman–Crippen LogP) is 1.18. The van der Waals surface area contributed by atoms with Crippen molar-refractivity contribution in [3.63, 3.8) is 0 Å².